The summed E-state index contributed by atoms with van der Waals surface area (Å²) in [5.41, 5.74) is 3.62. The summed E-state index contributed by atoms with van der Waals surface area (Å²) in [5, 5.41) is 14.1. The van der Waals surface area contributed by atoms with Crippen molar-refractivity contribution >= 4 is 17.3 Å². The minimum Gasteiger partial charge on any atom is -0.465 e. The number of nitro benzene ring substituents is 1. The predicted molar refractivity (Wildman–Crippen MR) is 92.7 cm³/mol. The molecular weight excluding hydrogens is 322 g/mol. The number of hydrogen-bond donors (Lipinski definition) is 1. The number of carbonyl (C=O) groups excluding carboxylic acids is 1. The van der Waals surface area contributed by atoms with Gasteiger partial charge in [0, 0.05) is 23.2 Å². The van der Waals surface area contributed by atoms with Crippen molar-refractivity contribution in [3.8, 4) is 0 Å². The summed E-state index contributed by atoms with van der Waals surface area (Å²) < 4.78 is 4.82. The lowest BCUT2D eigenvalue weighted by molar-refractivity contribution is -0.385. The molecule has 0 atom stereocenters. The van der Waals surface area contributed by atoms with Gasteiger partial charge in [-0.1, -0.05) is 0 Å². The number of esters is 1. The minimum absolute atomic E-state index is 0.0992. The number of ether oxygens (including phenoxy) is 1. The number of carbonyl (C=O) groups is 1. The lowest BCUT2D eigenvalue weighted by Gasteiger charge is -2.11. The van der Waals surface area contributed by atoms with Crippen LogP contribution in [0, 0.1) is 17.0 Å². The number of anilines is 1. The quantitative estimate of drug-likeness (QED) is 0.490. The number of aromatic nitrogens is 1. The van der Waals surface area contributed by atoms with Gasteiger partial charge in [0.05, 0.1) is 35.5 Å². The fourth-order valence-corrected chi connectivity index (χ4v) is 2.73. The van der Waals surface area contributed by atoms with Crippen molar-refractivity contribution in [3.05, 3.63) is 63.0 Å². The van der Waals surface area contributed by atoms with Gasteiger partial charge in [-0.3, -0.25) is 15.1 Å². The molecule has 1 aromatic heterocycles. The molecule has 25 heavy (non-hydrogen) atoms. The lowest BCUT2D eigenvalue weighted by atomic mass is 10.1. The van der Waals surface area contributed by atoms with E-state index in [0.29, 0.717) is 23.6 Å². The molecule has 0 saturated heterocycles. The summed E-state index contributed by atoms with van der Waals surface area (Å²) in [7, 11) is 1.37. The van der Waals surface area contributed by atoms with E-state index in [1.807, 2.05) is 0 Å². The highest BCUT2D eigenvalue weighted by atomic mass is 16.6. The van der Waals surface area contributed by atoms with E-state index in [1.165, 1.54) is 13.2 Å². The van der Waals surface area contributed by atoms with Crippen molar-refractivity contribution in [2.75, 3.05) is 12.4 Å². The Balaban J connectivity index is 1.75. The van der Waals surface area contributed by atoms with Crippen LogP contribution >= 0.6 is 0 Å². The number of benzene rings is 1. The van der Waals surface area contributed by atoms with Crippen molar-refractivity contribution in [2.45, 2.75) is 32.2 Å². The zero-order valence-corrected chi connectivity index (χ0v) is 14.1. The Hall–Kier alpha value is -2.96. The summed E-state index contributed by atoms with van der Waals surface area (Å²) in [4.78, 5) is 26.9. The summed E-state index contributed by atoms with van der Waals surface area (Å²) in [6.45, 7) is 2.18. The second kappa shape index (κ2) is 6.88. The lowest BCUT2D eigenvalue weighted by Crippen LogP contribution is -2.10. The normalized spacial score (nSPS) is 13.4. The Morgan fingerprint density at radius 3 is 2.72 bits per heavy atom. The van der Waals surface area contributed by atoms with Gasteiger partial charge >= 0.3 is 5.97 Å². The van der Waals surface area contributed by atoms with Crippen LogP contribution in [-0.2, 0) is 11.3 Å². The molecule has 1 saturated carbocycles. The molecule has 1 aliphatic carbocycles. The molecule has 0 unspecified atom stereocenters. The standard InChI is InChI=1S/C18H19N3O4/c1-11-9-13(6-8-16(11)21(23)24)19-10-14-5-7-15(18(22)25-2)17(20-14)12-3-4-12/h5-9,12,19H,3-4,10H2,1-2H3. The molecule has 1 N–H and O–H groups in total. The van der Waals surface area contributed by atoms with Crippen LogP contribution in [0.2, 0.25) is 0 Å². The van der Waals surface area contributed by atoms with Gasteiger partial charge < -0.3 is 10.1 Å². The fourth-order valence-electron chi connectivity index (χ4n) is 2.73. The Kier molecular flexibility index (Phi) is 4.65. The van der Waals surface area contributed by atoms with E-state index in [0.717, 1.165) is 29.9 Å². The van der Waals surface area contributed by atoms with Crippen molar-refractivity contribution in [1.82, 2.24) is 4.98 Å². The van der Waals surface area contributed by atoms with E-state index in [9.17, 15) is 14.9 Å². The molecule has 0 aliphatic heterocycles. The van der Waals surface area contributed by atoms with Crippen molar-refractivity contribution < 1.29 is 14.5 Å². The average Bonchev–Trinajstić information content (AvgIpc) is 3.43. The first-order valence-corrected chi connectivity index (χ1v) is 8.06. The molecule has 3 rings (SSSR count). The minimum atomic E-state index is -0.395. The van der Waals surface area contributed by atoms with Crippen LogP contribution in [0.25, 0.3) is 0 Å². The molecular formula is C18H19N3O4. The summed E-state index contributed by atoms with van der Waals surface area (Å²) >= 11 is 0. The maximum Gasteiger partial charge on any atom is 0.339 e. The predicted octanol–water partition coefficient (Wildman–Crippen LogP) is 3.57. The first kappa shape index (κ1) is 16.9. The number of pyridine rings is 1. The third kappa shape index (κ3) is 3.76. The van der Waals surface area contributed by atoms with Gasteiger partial charge in [-0.25, -0.2) is 4.79 Å². The van der Waals surface area contributed by atoms with E-state index in [4.69, 9.17) is 4.74 Å². The van der Waals surface area contributed by atoms with Crippen LogP contribution in [0.3, 0.4) is 0 Å². The highest BCUT2D eigenvalue weighted by Gasteiger charge is 2.30. The second-order valence-corrected chi connectivity index (χ2v) is 6.11. The van der Waals surface area contributed by atoms with Crippen LogP contribution in [0.4, 0.5) is 11.4 Å². The Bertz CT molecular complexity index is 831. The van der Waals surface area contributed by atoms with Gasteiger partial charge in [0.25, 0.3) is 5.69 Å². The van der Waals surface area contributed by atoms with Gasteiger partial charge in [0.15, 0.2) is 0 Å². The van der Waals surface area contributed by atoms with Crippen molar-refractivity contribution in [1.29, 1.82) is 0 Å². The number of rotatable bonds is 6. The van der Waals surface area contributed by atoms with Crippen molar-refractivity contribution in [2.24, 2.45) is 0 Å². The molecule has 7 heteroatoms. The van der Waals surface area contributed by atoms with E-state index < -0.39 is 4.92 Å². The molecule has 1 fully saturated rings. The molecule has 7 nitrogen and oxygen atoms in total. The van der Waals surface area contributed by atoms with Crippen LogP contribution in [0.15, 0.2) is 30.3 Å². The smallest absolute Gasteiger partial charge is 0.339 e. The number of hydrogen-bond acceptors (Lipinski definition) is 6. The topological polar surface area (TPSA) is 94.4 Å². The summed E-state index contributed by atoms with van der Waals surface area (Å²) in [5.74, 6) is -0.0319. The third-order valence-electron chi connectivity index (χ3n) is 4.22. The average molecular weight is 341 g/mol. The number of nitro groups is 1. The Morgan fingerprint density at radius 2 is 2.12 bits per heavy atom. The van der Waals surface area contributed by atoms with Gasteiger partial charge in [-0.05, 0) is 44.0 Å². The third-order valence-corrected chi connectivity index (χ3v) is 4.22. The van der Waals surface area contributed by atoms with Crippen LogP contribution in [-0.4, -0.2) is 23.0 Å². The Labute approximate surface area is 145 Å². The maximum atomic E-state index is 11.8. The molecule has 0 spiro atoms. The van der Waals surface area contributed by atoms with E-state index in [2.05, 4.69) is 10.3 Å². The van der Waals surface area contributed by atoms with Crippen LogP contribution in [0.1, 0.15) is 46.1 Å². The summed E-state index contributed by atoms with van der Waals surface area (Å²) in [6, 6.07) is 8.45. The molecule has 0 bridgehead atoms. The van der Waals surface area contributed by atoms with E-state index >= 15 is 0 Å². The molecule has 1 aliphatic rings. The largest absolute Gasteiger partial charge is 0.465 e. The molecule has 2 aromatic rings. The molecule has 1 heterocycles. The second-order valence-electron chi connectivity index (χ2n) is 6.11. The van der Waals surface area contributed by atoms with E-state index in [1.54, 1.807) is 31.2 Å². The van der Waals surface area contributed by atoms with Gasteiger partial charge in [-0.2, -0.15) is 0 Å². The van der Waals surface area contributed by atoms with Gasteiger partial charge in [0.2, 0.25) is 0 Å². The zero-order chi connectivity index (χ0) is 18.0. The first-order valence-electron chi connectivity index (χ1n) is 8.06. The SMILES string of the molecule is COC(=O)c1ccc(CNc2ccc([N+](=O)[O-])c(C)c2)nc1C1CC1. The zero-order valence-electron chi connectivity index (χ0n) is 14.1. The fraction of sp³-hybridized carbons (Fsp3) is 0.333. The molecule has 130 valence electrons. The highest BCUT2D eigenvalue weighted by molar-refractivity contribution is 5.90. The maximum absolute atomic E-state index is 11.8. The number of nitrogens with one attached hydrogen (secondary N) is 1. The monoisotopic (exact) mass is 341 g/mol. The van der Waals surface area contributed by atoms with E-state index in [-0.39, 0.29) is 11.7 Å². The van der Waals surface area contributed by atoms with Gasteiger partial charge in [-0.15, -0.1) is 0 Å². The number of aryl methyl sites for hydroxylation is 1. The van der Waals surface area contributed by atoms with Gasteiger partial charge in [0.1, 0.15) is 0 Å². The molecule has 1 aromatic carbocycles. The molecule has 0 radical (unpaired) electrons. The van der Waals surface area contributed by atoms with Crippen LogP contribution in [0.5, 0.6) is 0 Å². The molecule has 0 amide bonds. The highest BCUT2D eigenvalue weighted by Crippen LogP contribution is 2.40. The summed E-state index contributed by atoms with van der Waals surface area (Å²) in [6.07, 6.45) is 2.07. The van der Waals surface area contributed by atoms with Crippen LogP contribution < -0.4 is 5.32 Å². The number of nitrogens with zero attached hydrogens (tertiary/aromatic N) is 2. The van der Waals surface area contributed by atoms with Crippen molar-refractivity contribution in [3.63, 3.8) is 0 Å². The Morgan fingerprint density at radius 1 is 1.36 bits per heavy atom. The first-order chi connectivity index (χ1) is 12.0. The number of methoxy groups -OCH3 is 1.